The molecule has 2 aromatic carbocycles. The number of hydrogen-bond donors (Lipinski definition) is 8. The molecule has 3 aliphatic rings. The van der Waals surface area contributed by atoms with Gasteiger partial charge in [0.05, 0.1) is 19.1 Å². The molecule has 0 aliphatic carbocycles. The Morgan fingerprint density at radius 2 is 1.66 bits per heavy atom. The van der Waals surface area contributed by atoms with Crippen LogP contribution in [0, 0.1) is 0 Å². The number of Topliss-reactive ketones (excluding diaryl/α,β-unsaturated/α-hetero) is 1. The molecule has 8 N–H and O–H groups in total. The van der Waals surface area contributed by atoms with E-state index >= 15 is 0 Å². The highest BCUT2D eigenvalue weighted by molar-refractivity contribution is 6.02. The number of aliphatic hydroxyl groups is 6. The first kappa shape index (κ1) is 28.3. The molecule has 0 amide bonds. The van der Waals surface area contributed by atoms with Gasteiger partial charge in [0.1, 0.15) is 53.0 Å². The van der Waals surface area contributed by atoms with Crippen molar-refractivity contribution in [2.75, 3.05) is 6.61 Å². The van der Waals surface area contributed by atoms with Crippen LogP contribution in [0.1, 0.15) is 35.4 Å². The molecule has 0 aromatic heterocycles. The zero-order valence-corrected chi connectivity index (χ0v) is 21.4. The predicted octanol–water partition coefficient (Wildman–Crippen LogP) is 0.915. The van der Waals surface area contributed by atoms with Gasteiger partial charge in [-0.3, -0.25) is 4.79 Å². The van der Waals surface area contributed by atoms with Gasteiger partial charge in [-0.15, -0.1) is 0 Å². The van der Waals surface area contributed by atoms with E-state index in [1.54, 1.807) is 12.1 Å². The lowest BCUT2D eigenvalue weighted by atomic mass is 9.95. The van der Waals surface area contributed by atoms with E-state index in [1.807, 2.05) is 0 Å². The van der Waals surface area contributed by atoms with Crippen LogP contribution in [0.4, 0.5) is 0 Å². The van der Waals surface area contributed by atoms with Gasteiger partial charge < -0.3 is 64.5 Å². The maximum atomic E-state index is 12.8. The molecule has 41 heavy (non-hydrogen) atoms. The molecule has 0 fully saturated rings. The summed E-state index contributed by atoms with van der Waals surface area (Å²) in [7, 11) is 0. The Balaban J connectivity index is 1.49. The summed E-state index contributed by atoms with van der Waals surface area (Å²) >= 11 is 0. The molecule has 3 aliphatic heterocycles. The number of ketones is 1. The highest BCUT2D eigenvalue weighted by atomic mass is 16.7. The van der Waals surface area contributed by atoms with Gasteiger partial charge in [-0.25, -0.2) is 0 Å². The van der Waals surface area contributed by atoms with Crippen molar-refractivity contribution in [1.29, 1.82) is 0 Å². The van der Waals surface area contributed by atoms with E-state index < -0.39 is 84.3 Å². The first-order valence-corrected chi connectivity index (χ1v) is 12.5. The largest absolute Gasteiger partial charge is 0.508 e. The molecule has 0 saturated heterocycles. The summed E-state index contributed by atoms with van der Waals surface area (Å²) in [6, 6.07) is 8.37. The molecule has 3 heterocycles. The van der Waals surface area contributed by atoms with Crippen LogP contribution in [0.2, 0.25) is 0 Å². The number of hydrogen-bond acceptors (Lipinski definition) is 14. The van der Waals surface area contributed by atoms with Crippen molar-refractivity contribution in [2.45, 2.75) is 56.3 Å². The minimum atomic E-state index is -1.89. The predicted molar refractivity (Wildman–Crippen MR) is 134 cm³/mol. The Labute approximate surface area is 232 Å². The number of fused-ring (bicyclic) bond motifs is 1. The van der Waals surface area contributed by atoms with Gasteiger partial charge in [0.25, 0.3) is 6.29 Å². The topological polar surface area (TPSA) is 225 Å². The first-order valence-electron chi connectivity index (χ1n) is 12.5. The van der Waals surface area contributed by atoms with Gasteiger partial charge in [-0.2, -0.15) is 0 Å². The Kier molecular flexibility index (Phi) is 7.59. The lowest BCUT2D eigenvalue weighted by Crippen LogP contribution is -2.49. The molecule has 7 atom stereocenters. The lowest BCUT2D eigenvalue weighted by molar-refractivity contribution is -0.208. The molecule has 0 spiro atoms. The second kappa shape index (κ2) is 11.0. The van der Waals surface area contributed by atoms with E-state index in [4.69, 9.17) is 23.7 Å². The molecule has 0 radical (unpaired) electrons. The van der Waals surface area contributed by atoms with Crippen LogP contribution in [0.3, 0.4) is 0 Å². The summed E-state index contributed by atoms with van der Waals surface area (Å²) in [4.78, 5) is 12.8. The van der Waals surface area contributed by atoms with Crippen molar-refractivity contribution in [1.82, 2.24) is 0 Å². The van der Waals surface area contributed by atoms with E-state index in [-0.39, 0.29) is 29.2 Å². The number of aromatic hydroxyl groups is 2. The third kappa shape index (κ3) is 5.30. The third-order valence-corrected chi connectivity index (χ3v) is 6.84. The number of phenolic OH excluding ortho intramolecular Hbond substituents is 2. The van der Waals surface area contributed by atoms with Gasteiger partial charge in [0, 0.05) is 12.1 Å². The smallest absolute Gasteiger partial charge is 0.328 e. The average molecular weight is 577 g/mol. The van der Waals surface area contributed by atoms with Crippen LogP contribution in [0.15, 0.2) is 59.6 Å². The molecule has 220 valence electrons. The average Bonchev–Trinajstić information content (AvgIpc) is 2.94. The number of ether oxygens (including phenoxy) is 5. The molecule has 14 heteroatoms. The summed E-state index contributed by atoms with van der Waals surface area (Å²) in [5.74, 6) is -4.08. The second-order valence-corrected chi connectivity index (χ2v) is 9.68. The number of phenols is 2. The SMILES string of the molecule is CC1O[C@@H](OC2=C(Oc3cc(O)c4c(c3)OC(c3ccc(O)cc3)CC4=O)OC(CO)C(O)C2O)C(O)=C(O)[C@H]1O. The quantitative estimate of drug-likeness (QED) is 0.239. The minimum Gasteiger partial charge on any atom is -0.508 e. The number of rotatable bonds is 6. The summed E-state index contributed by atoms with van der Waals surface area (Å²) in [5, 5.41) is 81.1. The summed E-state index contributed by atoms with van der Waals surface area (Å²) < 4.78 is 28.0. The first-order chi connectivity index (χ1) is 19.5. The Morgan fingerprint density at radius 1 is 0.951 bits per heavy atom. The molecular formula is C27H28O14. The Morgan fingerprint density at radius 3 is 2.34 bits per heavy atom. The molecule has 5 unspecified atom stereocenters. The van der Waals surface area contributed by atoms with Gasteiger partial charge >= 0.3 is 5.95 Å². The highest BCUT2D eigenvalue weighted by Crippen LogP contribution is 2.43. The van der Waals surface area contributed by atoms with Crippen LogP contribution >= 0.6 is 0 Å². The van der Waals surface area contributed by atoms with Gasteiger partial charge in [-0.1, -0.05) is 12.1 Å². The monoisotopic (exact) mass is 576 g/mol. The van der Waals surface area contributed by atoms with Crippen LogP contribution in [-0.2, 0) is 14.2 Å². The van der Waals surface area contributed by atoms with Crippen molar-refractivity contribution in [2.24, 2.45) is 0 Å². The summed E-state index contributed by atoms with van der Waals surface area (Å²) in [6.07, 6.45) is -10.2. The summed E-state index contributed by atoms with van der Waals surface area (Å²) in [5.41, 5.74) is 0.493. The van der Waals surface area contributed by atoms with Crippen molar-refractivity contribution in [3.05, 3.63) is 70.7 Å². The van der Waals surface area contributed by atoms with E-state index in [9.17, 15) is 45.6 Å². The number of benzene rings is 2. The molecule has 5 rings (SSSR count). The van der Waals surface area contributed by atoms with Crippen LogP contribution in [0.5, 0.6) is 23.0 Å². The van der Waals surface area contributed by atoms with Crippen LogP contribution in [0.25, 0.3) is 0 Å². The van der Waals surface area contributed by atoms with Gasteiger partial charge in [0.15, 0.2) is 17.6 Å². The van der Waals surface area contributed by atoms with Crippen molar-refractivity contribution < 1.29 is 69.3 Å². The van der Waals surface area contributed by atoms with E-state index in [2.05, 4.69) is 0 Å². The molecule has 14 nitrogen and oxygen atoms in total. The standard InChI is InChI=1S/C27H28O14/c1-10-20(32)22(34)24(36)26(37-10)41-25-23(35)21(33)18(9-28)40-27(25)38-13-6-14(30)19-15(31)8-16(39-17(19)7-13)11-2-4-12(29)5-3-11/h2-7,10,16,18,20-21,23,26,28-30,32-36H,8-9H2,1H3/t10?,16?,18?,20-,21?,23?,26-/m0/s1. The highest BCUT2D eigenvalue weighted by Gasteiger charge is 2.44. The lowest BCUT2D eigenvalue weighted by Gasteiger charge is -2.37. The van der Waals surface area contributed by atoms with E-state index in [0.717, 1.165) is 6.07 Å². The fourth-order valence-corrected chi connectivity index (χ4v) is 4.56. The van der Waals surface area contributed by atoms with Crippen LogP contribution < -0.4 is 9.47 Å². The fraction of sp³-hybridized carbons (Fsp3) is 0.370. The zero-order chi connectivity index (χ0) is 29.6. The molecule has 0 saturated carbocycles. The van der Waals surface area contributed by atoms with Gasteiger partial charge in [-0.05, 0) is 24.6 Å². The van der Waals surface area contributed by atoms with Gasteiger partial charge in [0.2, 0.25) is 11.5 Å². The Bertz CT molecular complexity index is 1380. The summed E-state index contributed by atoms with van der Waals surface area (Å²) in [6.45, 7) is 0.622. The molecule has 0 bridgehead atoms. The Hall–Kier alpha value is -4.21. The van der Waals surface area contributed by atoms with E-state index in [0.29, 0.717) is 5.56 Å². The number of carbonyl (C=O) groups is 1. The second-order valence-electron chi connectivity index (χ2n) is 9.68. The van der Waals surface area contributed by atoms with E-state index in [1.165, 1.54) is 25.1 Å². The molecular weight excluding hydrogens is 548 g/mol. The van der Waals surface area contributed by atoms with Crippen molar-refractivity contribution >= 4 is 5.78 Å². The number of carbonyl (C=O) groups excluding carboxylic acids is 1. The third-order valence-electron chi connectivity index (χ3n) is 6.84. The normalized spacial score (nSPS) is 29.9. The molecule has 2 aromatic rings. The fourth-order valence-electron chi connectivity index (χ4n) is 4.56. The minimum absolute atomic E-state index is 0.0279. The van der Waals surface area contributed by atoms with Crippen molar-refractivity contribution in [3.8, 4) is 23.0 Å². The maximum absolute atomic E-state index is 12.8. The number of aliphatic hydroxyl groups excluding tert-OH is 6. The zero-order valence-electron chi connectivity index (χ0n) is 21.4. The van der Waals surface area contributed by atoms with Crippen molar-refractivity contribution in [3.63, 3.8) is 0 Å². The maximum Gasteiger partial charge on any atom is 0.328 e. The van der Waals surface area contributed by atoms with Crippen LogP contribution in [-0.4, -0.2) is 90.1 Å².